The SMILES string of the molecule is CCn1nc(C)cc1C(NC)c1cccc(CC(C)C)c1. The Morgan fingerprint density at radius 3 is 2.62 bits per heavy atom. The third-order valence-electron chi connectivity index (χ3n) is 3.75. The lowest BCUT2D eigenvalue weighted by Gasteiger charge is -2.19. The molecule has 1 aromatic carbocycles. The molecular weight excluding hydrogens is 258 g/mol. The average molecular weight is 285 g/mol. The van der Waals surface area contributed by atoms with Gasteiger partial charge in [0.1, 0.15) is 0 Å². The Morgan fingerprint density at radius 2 is 2.00 bits per heavy atom. The van der Waals surface area contributed by atoms with Gasteiger partial charge in [-0.25, -0.2) is 0 Å². The molecule has 0 bridgehead atoms. The zero-order valence-corrected chi connectivity index (χ0v) is 13.9. The van der Waals surface area contributed by atoms with Crippen LogP contribution < -0.4 is 5.32 Å². The van der Waals surface area contributed by atoms with Crippen molar-refractivity contribution in [2.75, 3.05) is 7.05 Å². The van der Waals surface area contributed by atoms with Crippen molar-refractivity contribution in [3.63, 3.8) is 0 Å². The van der Waals surface area contributed by atoms with Gasteiger partial charge < -0.3 is 5.32 Å². The summed E-state index contributed by atoms with van der Waals surface area (Å²) in [5, 5.41) is 8.01. The number of rotatable bonds is 6. The highest BCUT2D eigenvalue weighted by atomic mass is 15.3. The molecule has 2 rings (SSSR count). The maximum Gasteiger partial charge on any atom is 0.0746 e. The highest BCUT2D eigenvalue weighted by Crippen LogP contribution is 2.24. The second-order valence-corrected chi connectivity index (χ2v) is 6.09. The van der Waals surface area contributed by atoms with Crippen LogP contribution in [0.2, 0.25) is 0 Å². The highest BCUT2D eigenvalue weighted by Gasteiger charge is 2.17. The predicted octanol–water partition coefficient (Wildman–Crippen LogP) is 3.72. The van der Waals surface area contributed by atoms with E-state index in [2.05, 4.69) is 73.1 Å². The molecule has 1 unspecified atom stereocenters. The van der Waals surface area contributed by atoms with Gasteiger partial charge in [0.2, 0.25) is 0 Å². The van der Waals surface area contributed by atoms with E-state index in [0.717, 1.165) is 18.7 Å². The van der Waals surface area contributed by atoms with Crippen molar-refractivity contribution in [2.45, 2.75) is 46.7 Å². The molecule has 1 N–H and O–H groups in total. The molecule has 0 amide bonds. The minimum Gasteiger partial charge on any atom is -0.308 e. The number of aryl methyl sites for hydroxylation is 2. The molecule has 3 nitrogen and oxygen atoms in total. The lowest BCUT2D eigenvalue weighted by molar-refractivity contribution is 0.560. The molecule has 0 radical (unpaired) electrons. The first-order valence-corrected chi connectivity index (χ1v) is 7.85. The van der Waals surface area contributed by atoms with Crippen LogP contribution in [-0.4, -0.2) is 16.8 Å². The van der Waals surface area contributed by atoms with Crippen LogP contribution in [-0.2, 0) is 13.0 Å². The van der Waals surface area contributed by atoms with Crippen molar-refractivity contribution in [1.82, 2.24) is 15.1 Å². The standard InChI is InChI=1S/C18H27N3/c1-6-21-17(11-14(4)20-21)18(19-5)16-9-7-8-15(12-16)10-13(2)3/h7-9,11-13,18-19H,6,10H2,1-5H3. The smallest absolute Gasteiger partial charge is 0.0746 e. The van der Waals surface area contributed by atoms with Crippen molar-refractivity contribution in [1.29, 1.82) is 0 Å². The summed E-state index contributed by atoms with van der Waals surface area (Å²) in [7, 11) is 2.02. The van der Waals surface area contributed by atoms with Crippen LogP contribution in [0.15, 0.2) is 30.3 Å². The molecule has 3 heteroatoms. The molecule has 0 aliphatic heterocycles. The van der Waals surface area contributed by atoms with Crippen molar-refractivity contribution in [2.24, 2.45) is 5.92 Å². The molecule has 1 atom stereocenters. The summed E-state index contributed by atoms with van der Waals surface area (Å²) in [6, 6.07) is 11.3. The number of nitrogens with zero attached hydrogens (tertiary/aromatic N) is 2. The number of benzene rings is 1. The maximum absolute atomic E-state index is 4.57. The Morgan fingerprint density at radius 1 is 1.24 bits per heavy atom. The minimum absolute atomic E-state index is 0.193. The second-order valence-electron chi connectivity index (χ2n) is 6.09. The maximum atomic E-state index is 4.57. The molecule has 0 fully saturated rings. The van der Waals surface area contributed by atoms with Gasteiger partial charge in [0.15, 0.2) is 0 Å². The van der Waals surface area contributed by atoms with Crippen molar-refractivity contribution in [3.8, 4) is 0 Å². The summed E-state index contributed by atoms with van der Waals surface area (Å²) in [6.45, 7) is 9.61. The average Bonchev–Trinajstić information content (AvgIpc) is 2.80. The molecule has 0 aliphatic rings. The van der Waals surface area contributed by atoms with Crippen LogP contribution in [0.25, 0.3) is 0 Å². The lowest BCUT2D eigenvalue weighted by Crippen LogP contribution is -2.21. The molecule has 0 aliphatic carbocycles. The van der Waals surface area contributed by atoms with E-state index in [4.69, 9.17) is 0 Å². The number of hydrogen-bond acceptors (Lipinski definition) is 2. The van der Waals surface area contributed by atoms with E-state index in [1.165, 1.54) is 16.8 Å². The van der Waals surface area contributed by atoms with Crippen LogP contribution in [0.4, 0.5) is 0 Å². The summed E-state index contributed by atoms with van der Waals surface area (Å²) < 4.78 is 2.09. The fourth-order valence-electron chi connectivity index (χ4n) is 2.91. The monoisotopic (exact) mass is 285 g/mol. The molecule has 2 aromatic rings. The Hall–Kier alpha value is -1.61. The summed E-state index contributed by atoms with van der Waals surface area (Å²) >= 11 is 0. The van der Waals surface area contributed by atoms with Gasteiger partial charge >= 0.3 is 0 Å². The van der Waals surface area contributed by atoms with Gasteiger partial charge in [0.05, 0.1) is 17.4 Å². The zero-order valence-electron chi connectivity index (χ0n) is 13.9. The van der Waals surface area contributed by atoms with Gasteiger partial charge in [-0.05, 0) is 50.4 Å². The topological polar surface area (TPSA) is 29.9 Å². The summed E-state index contributed by atoms with van der Waals surface area (Å²) in [6.07, 6.45) is 1.12. The quantitative estimate of drug-likeness (QED) is 0.876. The molecule has 114 valence electrons. The number of hydrogen-bond donors (Lipinski definition) is 1. The number of nitrogens with one attached hydrogen (secondary N) is 1. The highest BCUT2D eigenvalue weighted by molar-refractivity contribution is 5.32. The van der Waals surface area contributed by atoms with E-state index in [9.17, 15) is 0 Å². The van der Waals surface area contributed by atoms with Crippen molar-refractivity contribution < 1.29 is 0 Å². The summed E-state index contributed by atoms with van der Waals surface area (Å²) in [5.74, 6) is 0.677. The first-order chi connectivity index (χ1) is 10.0. The van der Waals surface area contributed by atoms with Crippen LogP contribution in [0.1, 0.15) is 49.3 Å². The Balaban J connectivity index is 2.36. The summed E-state index contributed by atoms with van der Waals surface area (Å²) in [5.41, 5.74) is 5.02. The normalized spacial score (nSPS) is 12.9. The molecule has 0 saturated carbocycles. The first-order valence-electron chi connectivity index (χ1n) is 7.85. The van der Waals surface area contributed by atoms with Crippen molar-refractivity contribution >= 4 is 0 Å². The van der Waals surface area contributed by atoms with E-state index >= 15 is 0 Å². The van der Waals surface area contributed by atoms with Gasteiger partial charge in [0, 0.05) is 6.54 Å². The Bertz CT molecular complexity index is 584. The Labute approximate surface area is 128 Å². The van der Waals surface area contributed by atoms with Gasteiger partial charge in [0.25, 0.3) is 0 Å². The fraction of sp³-hybridized carbons (Fsp3) is 0.500. The number of aromatic nitrogens is 2. The van der Waals surface area contributed by atoms with Crippen LogP contribution in [0, 0.1) is 12.8 Å². The van der Waals surface area contributed by atoms with E-state index in [0.29, 0.717) is 5.92 Å². The molecule has 1 aromatic heterocycles. The predicted molar refractivity (Wildman–Crippen MR) is 88.5 cm³/mol. The van der Waals surface area contributed by atoms with E-state index in [-0.39, 0.29) is 6.04 Å². The molecule has 1 heterocycles. The van der Waals surface area contributed by atoms with Crippen LogP contribution >= 0.6 is 0 Å². The molecule has 0 saturated heterocycles. The molecular formula is C18H27N3. The second kappa shape index (κ2) is 6.90. The summed E-state index contributed by atoms with van der Waals surface area (Å²) in [4.78, 5) is 0. The van der Waals surface area contributed by atoms with Crippen LogP contribution in [0.3, 0.4) is 0 Å². The lowest BCUT2D eigenvalue weighted by atomic mass is 9.97. The molecule has 0 spiro atoms. The Kier molecular flexibility index (Phi) is 5.18. The zero-order chi connectivity index (χ0) is 15.4. The molecule has 21 heavy (non-hydrogen) atoms. The van der Waals surface area contributed by atoms with E-state index in [1.54, 1.807) is 0 Å². The fourth-order valence-corrected chi connectivity index (χ4v) is 2.91. The van der Waals surface area contributed by atoms with E-state index < -0.39 is 0 Å². The van der Waals surface area contributed by atoms with Gasteiger partial charge in [-0.15, -0.1) is 0 Å². The van der Waals surface area contributed by atoms with Gasteiger partial charge in [-0.3, -0.25) is 4.68 Å². The largest absolute Gasteiger partial charge is 0.308 e. The minimum atomic E-state index is 0.193. The van der Waals surface area contributed by atoms with E-state index in [1.807, 2.05) is 7.05 Å². The van der Waals surface area contributed by atoms with Crippen LogP contribution in [0.5, 0.6) is 0 Å². The van der Waals surface area contributed by atoms with Crippen molar-refractivity contribution in [3.05, 3.63) is 52.8 Å². The third-order valence-corrected chi connectivity index (χ3v) is 3.75. The third kappa shape index (κ3) is 3.73. The van der Waals surface area contributed by atoms with Gasteiger partial charge in [-0.2, -0.15) is 5.10 Å². The van der Waals surface area contributed by atoms with Gasteiger partial charge in [-0.1, -0.05) is 38.1 Å². The first kappa shape index (κ1) is 15.8.